The Balaban J connectivity index is 2.20. The van der Waals surface area contributed by atoms with Gasteiger partial charge < -0.3 is 9.84 Å². The molecule has 2 rings (SSSR count). The van der Waals surface area contributed by atoms with Gasteiger partial charge in [0.25, 0.3) is 0 Å². The van der Waals surface area contributed by atoms with Gasteiger partial charge >= 0.3 is 11.9 Å². The van der Waals surface area contributed by atoms with E-state index in [0.29, 0.717) is 10.6 Å². The molecule has 10 heteroatoms. The molecule has 0 saturated heterocycles. The molecular formula is C10H9N5O4S. The number of ether oxygens (including phenoxy) is 1. The molecule has 0 atom stereocenters. The van der Waals surface area contributed by atoms with Crippen LogP contribution >= 0.6 is 11.8 Å². The van der Waals surface area contributed by atoms with E-state index in [9.17, 15) is 9.59 Å². The third-order valence-electron chi connectivity index (χ3n) is 2.14. The number of carboxylic acids is 1. The fourth-order valence-corrected chi connectivity index (χ4v) is 2.07. The topological polar surface area (TPSA) is 120 Å². The van der Waals surface area contributed by atoms with Crippen LogP contribution in [0.25, 0.3) is 0 Å². The highest BCUT2D eigenvalue weighted by atomic mass is 32.2. The van der Waals surface area contributed by atoms with Crippen molar-refractivity contribution >= 4 is 23.7 Å². The molecule has 0 saturated carbocycles. The number of aliphatic carboxylic acids is 1. The smallest absolute Gasteiger partial charge is 0.337 e. The molecule has 9 nitrogen and oxygen atoms in total. The summed E-state index contributed by atoms with van der Waals surface area (Å²) in [6, 6.07) is 3.02. The molecule has 0 unspecified atom stereocenters. The van der Waals surface area contributed by atoms with Crippen LogP contribution in [0, 0.1) is 0 Å². The van der Waals surface area contributed by atoms with Crippen LogP contribution in [0.2, 0.25) is 0 Å². The Morgan fingerprint density at radius 2 is 2.30 bits per heavy atom. The van der Waals surface area contributed by atoms with Crippen LogP contribution in [0.5, 0.6) is 0 Å². The number of carboxylic acid groups (broad SMARTS) is 1. The highest BCUT2D eigenvalue weighted by Gasteiger charge is 2.13. The molecule has 0 bridgehead atoms. The van der Waals surface area contributed by atoms with Gasteiger partial charge in [-0.2, -0.15) is 0 Å². The zero-order valence-electron chi connectivity index (χ0n) is 10.3. The molecule has 0 amide bonds. The quantitative estimate of drug-likeness (QED) is 0.765. The van der Waals surface area contributed by atoms with Crippen molar-refractivity contribution < 1.29 is 19.4 Å². The monoisotopic (exact) mass is 295 g/mol. The first-order chi connectivity index (χ1) is 9.60. The second kappa shape index (κ2) is 6.10. The minimum absolute atomic E-state index is 0.266. The number of carbonyl (C=O) groups is 2. The molecule has 0 aliphatic heterocycles. The fourth-order valence-electron chi connectivity index (χ4n) is 1.30. The predicted molar refractivity (Wildman–Crippen MR) is 65.2 cm³/mol. The second-order valence-electron chi connectivity index (χ2n) is 3.49. The first-order valence-corrected chi connectivity index (χ1v) is 6.12. The van der Waals surface area contributed by atoms with Gasteiger partial charge in [0.1, 0.15) is 11.6 Å². The van der Waals surface area contributed by atoms with Crippen LogP contribution in [-0.2, 0) is 16.1 Å². The van der Waals surface area contributed by atoms with Gasteiger partial charge in [0.05, 0.1) is 12.7 Å². The van der Waals surface area contributed by atoms with Crippen molar-refractivity contribution in [2.45, 2.75) is 16.7 Å². The standard InChI is InChI=1S/C10H9N5O4S/c1-19-9(18)6-2-3-11-7(4-6)20-10-12-13-14-15(10)5-8(16)17/h2-4H,5H2,1H3,(H,16,17). The van der Waals surface area contributed by atoms with Crippen LogP contribution < -0.4 is 0 Å². The molecule has 0 aliphatic carbocycles. The highest BCUT2D eigenvalue weighted by Crippen LogP contribution is 2.23. The van der Waals surface area contributed by atoms with E-state index >= 15 is 0 Å². The molecule has 2 aromatic heterocycles. The van der Waals surface area contributed by atoms with Gasteiger partial charge in [0.15, 0.2) is 0 Å². The molecule has 1 N–H and O–H groups in total. The summed E-state index contributed by atoms with van der Waals surface area (Å²) in [4.78, 5) is 26.1. The van der Waals surface area contributed by atoms with Crippen molar-refractivity contribution in [2.75, 3.05) is 7.11 Å². The summed E-state index contributed by atoms with van der Waals surface area (Å²) in [5.74, 6) is -1.55. The molecule has 20 heavy (non-hydrogen) atoms. The fraction of sp³-hybridized carbons (Fsp3) is 0.200. The maximum absolute atomic E-state index is 11.4. The van der Waals surface area contributed by atoms with E-state index in [1.165, 1.54) is 25.4 Å². The van der Waals surface area contributed by atoms with Crippen LogP contribution in [-0.4, -0.2) is 49.3 Å². The lowest BCUT2D eigenvalue weighted by atomic mass is 10.3. The number of nitrogens with zero attached hydrogens (tertiary/aromatic N) is 5. The van der Waals surface area contributed by atoms with Crippen molar-refractivity contribution in [3.8, 4) is 0 Å². The predicted octanol–water partition coefficient (Wildman–Crippen LogP) is 0.0905. The van der Waals surface area contributed by atoms with E-state index < -0.39 is 11.9 Å². The van der Waals surface area contributed by atoms with E-state index in [0.717, 1.165) is 16.4 Å². The third-order valence-corrected chi connectivity index (χ3v) is 3.04. The van der Waals surface area contributed by atoms with Crippen molar-refractivity contribution in [1.82, 2.24) is 25.2 Å². The Kier molecular flexibility index (Phi) is 4.25. The first kappa shape index (κ1) is 13.9. The van der Waals surface area contributed by atoms with Gasteiger partial charge in [-0.3, -0.25) is 4.79 Å². The molecule has 0 spiro atoms. The van der Waals surface area contributed by atoms with Crippen molar-refractivity contribution in [2.24, 2.45) is 0 Å². The number of tetrazole rings is 1. The maximum atomic E-state index is 11.4. The molecule has 2 aromatic rings. The van der Waals surface area contributed by atoms with E-state index in [1.807, 2.05) is 0 Å². The summed E-state index contributed by atoms with van der Waals surface area (Å²) in [5, 5.41) is 20.1. The number of carbonyl (C=O) groups excluding carboxylic acids is 1. The van der Waals surface area contributed by atoms with Crippen LogP contribution in [0.15, 0.2) is 28.5 Å². The van der Waals surface area contributed by atoms with Crippen molar-refractivity contribution in [3.05, 3.63) is 23.9 Å². The van der Waals surface area contributed by atoms with Gasteiger partial charge in [-0.1, -0.05) is 0 Å². The first-order valence-electron chi connectivity index (χ1n) is 5.30. The number of aromatic nitrogens is 5. The Hall–Kier alpha value is -2.49. The third kappa shape index (κ3) is 3.29. The molecular weight excluding hydrogens is 286 g/mol. The van der Waals surface area contributed by atoms with Gasteiger partial charge in [-0.25, -0.2) is 14.5 Å². The average molecular weight is 295 g/mol. The van der Waals surface area contributed by atoms with E-state index in [1.54, 1.807) is 0 Å². The zero-order valence-corrected chi connectivity index (χ0v) is 11.1. The molecule has 0 radical (unpaired) electrons. The Labute approximate surface area is 117 Å². The molecule has 0 aliphatic rings. The summed E-state index contributed by atoms with van der Waals surface area (Å²) in [7, 11) is 1.28. The molecule has 0 fully saturated rings. The Morgan fingerprint density at radius 1 is 1.50 bits per heavy atom. The number of methoxy groups -OCH3 is 1. The largest absolute Gasteiger partial charge is 0.480 e. The van der Waals surface area contributed by atoms with E-state index in [4.69, 9.17) is 5.11 Å². The Morgan fingerprint density at radius 3 is 3.00 bits per heavy atom. The summed E-state index contributed by atoms with van der Waals surface area (Å²) >= 11 is 1.05. The SMILES string of the molecule is COC(=O)c1ccnc(Sc2nnnn2CC(=O)O)c1. The second-order valence-corrected chi connectivity index (χ2v) is 4.48. The normalized spacial score (nSPS) is 10.2. The van der Waals surface area contributed by atoms with Gasteiger partial charge in [-0.05, 0) is 34.3 Å². The molecule has 2 heterocycles. The maximum Gasteiger partial charge on any atom is 0.337 e. The number of hydrogen-bond acceptors (Lipinski definition) is 8. The lowest BCUT2D eigenvalue weighted by molar-refractivity contribution is -0.138. The minimum atomic E-state index is -1.06. The Bertz CT molecular complexity index is 644. The average Bonchev–Trinajstić information content (AvgIpc) is 2.84. The van der Waals surface area contributed by atoms with E-state index in [-0.39, 0.29) is 11.7 Å². The summed E-state index contributed by atoms with van der Waals surface area (Å²) < 4.78 is 5.73. The zero-order chi connectivity index (χ0) is 14.5. The summed E-state index contributed by atoms with van der Waals surface area (Å²) in [6.07, 6.45) is 1.44. The van der Waals surface area contributed by atoms with Crippen molar-refractivity contribution in [3.63, 3.8) is 0 Å². The van der Waals surface area contributed by atoms with E-state index in [2.05, 4.69) is 25.2 Å². The molecule has 0 aromatic carbocycles. The lowest BCUT2D eigenvalue weighted by Crippen LogP contribution is -2.11. The van der Waals surface area contributed by atoms with Crippen molar-refractivity contribution in [1.29, 1.82) is 0 Å². The highest BCUT2D eigenvalue weighted by molar-refractivity contribution is 7.99. The number of esters is 1. The lowest BCUT2D eigenvalue weighted by Gasteiger charge is -2.03. The number of pyridine rings is 1. The minimum Gasteiger partial charge on any atom is -0.480 e. The van der Waals surface area contributed by atoms with Crippen LogP contribution in [0.1, 0.15) is 10.4 Å². The van der Waals surface area contributed by atoms with Gasteiger partial charge in [-0.15, -0.1) is 5.10 Å². The number of hydrogen-bond donors (Lipinski definition) is 1. The molecule has 104 valence electrons. The van der Waals surface area contributed by atoms with Gasteiger partial charge in [0.2, 0.25) is 5.16 Å². The van der Waals surface area contributed by atoms with Crippen LogP contribution in [0.3, 0.4) is 0 Å². The number of rotatable bonds is 5. The summed E-state index contributed by atoms with van der Waals surface area (Å²) in [6.45, 7) is -0.355. The van der Waals surface area contributed by atoms with Crippen LogP contribution in [0.4, 0.5) is 0 Å². The summed E-state index contributed by atoms with van der Waals surface area (Å²) in [5.41, 5.74) is 0.335. The van der Waals surface area contributed by atoms with Gasteiger partial charge in [0, 0.05) is 6.20 Å².